The van der Waals surface area contributed by atoms with Gasteiger partial charge in [0.15, 0.2) is 0 Å². The second-order valence-electron chi connectivity index (χ2n) is 4.88. The zero-order valence-corrected chi connectivity index (χ0v) is 11.7. The standard InChI is InChI=1S/C14H12ClN3O3/c15-13-6-11(18(20)21)7-16-14(13)17-4-3-9-1-2-12(19)5-10(9)8-17/h1-2,5-7,19H,3-4,8H2. The molecule has 1 aromatic carbocycles. The number of anilines is 1. The Kier molecular flexibility index (Phi) is 3.39. The van der Waals surface area contributed by atoms with E-state index < -0.39 is 4.92 Å². The highest BCUT2D eigenvalue weighted by Gasteiger charge is 2.21. The summed E-state index contributed by atoms with van der Waals surface area (Å²) in [7, 11) is 0. The highest BCUT2D eigenvalue weighted by Crippen LogP contribution is 2.31. The van der Waals surface area contributed by atoms with Gasteiger partial charge >= 0.3 is 0 Å². The van der Waals surface area contributed by atoms with Crippen molar-refractivity contribution >= 4 is 23.1 Å². The van der Waals surface area contributed by atoms with Crippen molar-refractivity contribution in [2.75, 3.05) is 11.4 Å². The van der Waals surface area contributed by atoms with Crippen molar-refractivity contribution in [2.24, 2.45) is 0 Å². The third-order valence-corrected chi connectivity index (χ3v) is 3.80. The largest absolute Gasteiger partial charge is 0.508 e. The lowest BCUT2D eigenvalue weighted by molar-refractivity contribution is -0.385. The molecule has 21 heavy (non-hydrogen) atoms. The van der Waals surface area contributed by atoms with E-state index in [9.17, 15) is 15.2 Å². The van der Waals surface area contributed by atoms with Crippen molar-refractivity contribution in [3.63, 3.8) is 0 Å². The number of phenolic OH excluding ortho intramolecular Hbond substituents is 1. The summed E-state index contributed by atoms with van der Waals surface area (Å²) in [4.78, 5) is 16.2. The first-order valence-electron chi connectivity index (χ1n) is 6.40. The van der Waals surface area contributed by atoms with Crippen LogP contribution in [0.15, 0.2) is 30.5 Å². The number of aromatic nitrogens is 1. The van der Waals surface area contributed by atoms with Gasteiger partial charge in [-0.1, -0.05) is 17.7 Å². The molecule has 0 bridgehead atoms. The zero-order chi connectivity index (χ0) is 15.0. The molecule has 2 heterocycles. The molecule has 0 spiro atoms. The van der Waals surface area contributed by atoms with Crippen molar-refractivity contribution in [1.29, 1.82) is 0 Å². The Hall–Kier alpha value is -2.34. The van der Waals surface area contributed by atoms with E-state index in [2.05, 4.69) is 4.98 Å². The van der Waals surface area contributed by atoms with E-state index in [-0.39, 0.29) is 16.5 Å². The van der Waals surface area contributed by atoms with E-state index in [1.165, 1.54) is 17.8 Å². The minimum Gasteiger partial charge on any atom is -0.508 e. The molecule has 0 atom stereocenters. The molecule has 0 aliphatic carbocycles. The van der Waals surface area contributed by atoms with Crippen LogP contribution in [-0.4, -0.2) is 21.6 Å². The smallest absolute Gasteiger partial charge is 0.289 e. The normalized spacial score (nSPS) is 13.9. The van der Waals surface area contributed by atoms with E-state index in [1.807, 2.05) is 11.0 Å². The van der Waals surface area contributed by atoms with Gasteiger partial charge in [-0.2, -0.15) is 0 Å². The average molecular weight is 306 g/mol. The van der Waals surface area contributed by atoms with E-state index in [0.717, 1.165) is 18.5 Å². The number of hydrogen-bond donors (Lipinski definition) is 1. The number of benzene rings is 1. The molecule has 1 aliphatic heterocycles. The van der Waals surface area contributed by atoms with Gasteiger partial charge in [-0.15, -0.1) is 0 Å². The number of phenols is 1. The number of halogens is 1. The SMILES string of the molecule is O=[N+]([O-])c1cnc(N2CCc3ccc(O)cc3C2)c(Cl)c1. The van der Waals surface area contributed by atoms with Gasteiger partial charge in [-0.05, 0) is 29.7 Å². The summed E-state index contributed by atoms with van der Waals surface area (Å²) >= 11 is 6.11. The van der Waals surface area contributed by atoms with Crippen LogP contribution in [0.2, 0.25) is 5.02 Å². The second-order valence-corrected chi connectivity index (χ2v) is 5.29. The number of hydrogen-bond acceptors (Lipinski definition) is 5. The minimum atomic E-state index is -0.522. The third-order valence-electron chi connectivity index (χ3n) is 3.52. The Balaban J connectivity index is 1.91. The van der Waals surface area contributed by atoms with Gasteiger partial charge < -0.3 is 10.0 Å². The molecule has 7 heteroatoms. The Morgan fingerprint density at radius 3 is 2.86 bits per heavy atom. The molecular weight excluding hydrogens is 294 g/mol. The third kappa shape index (κ3) is 2.62. The fourth-order valence-corrected chi connectivity index (χ4v) is 2.76. The van der Waals surface area contributed by atoms with Crippen molar-refractivity contribution in [3.05, 3.63) is 56.7 Å². The van der Waals surface area contributed by atoms with Crippen LogP contribution in [0, 0.1) is 10.1 Å². The van der Waals surface area contributed by atoms with E-state index in [0.29, 0.717) is 12.4 Å². The lowest BCUT2D eigenvalue weighted by Gasteiger charge is -2.30. The first-order valence-corrected chi connectivity index (χ1v) is 6.78. The number of rotatable bonds is 2. The summed E-state index contributed by atoms with van der Waals surface area (Å²) in [6.07, 6.45) is 2.02. The molecular formula is C14H12ClN3O3. The van der Waals surface area contributed by atoms with Gasteiger partial charge in [0, 0.05) is 19.2 Å². The maximum atomic E-state index is 10.7. The molecule has 6 nitrogen and oxygen atoms in total. The van der Waals surface area contributed by atoms with Crippen LogP contribution in [0.25, 0.3) is 0 Å². The fourth-order valence-electron chi connectivity index (χ4n) is 2.48. The number of nitro groups is 1. The van der Waals surface area contributed by atoms with Crippen LogP contribution in [0.3, 0.4) is 0 Å². The fraction of sp³-hybridized carbons (Fsp3) is 0.214. The van der Waals surface area contributed by atoms with Gasteiger partial charge in [0.1, 0.15) is 17.8 Å². The average Bonchev–Trinajstić information content (AvgIpc) is 2.46. The Bertz CT molecular complexity index is 721. The maximum Gasteiger partial charge on any atom is 0.289 e. The van der Waals surface area contributed by atoms with Crippen molar-refractivity contribution in [2.45, 2.75) is 13.0 Å². The highest BCUT2D eigenvalue weighted by molar-refractivity contribution is 6.33. The molecule has 0 amide bonds. The lowest BCUT2D eigenvalue weighted by atomic mass is 9.99. The quantitative estimate of drug-likeness (QED) is 0.681. The summed E-state index contributed by atoms with van der Waals surface area (Å²) in [5.74, 6) is 0.745. The predicted octanol–water partition coefficient (Wildman–Crippen LogP) is 2.91. The number of pyridine rings is 1. The summed E-state index contributed by atoms with van der Waals surface area (Å²) in [6.45, 7) is 1.29. The molecule has 1 N–H and O–H groups in total. The lowest BCUT2D eigenvalue weighted by Crippen LogP contribution is -2.31. The Morgan fingerprint density at radius 2 is 2.14 bits per heavy atom. The van der Waals surface area contributed by atoms with Gasteiger partial charge in [0.25, 0.3) is 5.69 Å². The van der Waals surface area contributed by atoms with Gasteiger partial charge in [-0.25, -0.2) is 4.98 Å². The first kappa shape index (κ1) is 13.6. The van der Waals surface area contributed by atoms with Crippen molar-refractivity contribution in [3.8, 4) is 5.75 Å². The molecule has 0 fully saturated rings. The molecule has 0 saturated heterocycles. The Morgan fingerprint density at radius 1 is 1.33 bits per heavy atom. The van der Waals surface area contributed by atoms with Crippen LogP contribution in [0.4, 0.5) is 11.5 Å². The molecule has 2 aromatic rings. The second kappa shape index (κ2) is 5.21. The van der Waals surface area contributed by atoms with Gasteiger partial charge in [0.2, 0.25) is 0 Å². The van der Waals surface area contributed by atoms with Crippen LogP contribution in [-0.2, 0) is 13.0 Å². The number of aromatic hydroxyl groups is 1. The first-order chi connectivity index (χ1) is 10.0. The van der Waals surface area contributed by atoms with E-state index >= 15 is 0 Å². The molecule has 108 valence electrons. The topological polar surface area (TPSA) is 79.5 Å². The summed E-state index contributed by atoms with van der Waals surface area (Å²) in [6, 6.07) is 6.61. The molecule has 0 saturated carbocycles. The maximum absolute atomic E-state index is 10.7. The molecule has 0 unspecified atom stereocenters. The van der Waals surface area contributed by atoms with Gasteiger partial charge in [0.05, 0.1) is 9.95 Å². The molecule has 1 aliphatic rings. The highest BCUT2D eigenvalue weighted by atomic mass is 35.5. The number of fused-ring (bicyclic) bond motifs is 1. The monoisotopic (exact) mass is 305 g/mol. The van der Waals surface area contributed by atoms with Crippen molar-refractivity contribution in [1.82, 2.24) is 4.98 Å². The molecule has 0 radical (unpaired) electrons. The predicted molar refractivity (Wildman–Crippen MR) is 78.8 cm³/mol. The van der Waals surface area contributed by atoms with Crippen LogP contribution >= 0.6 is 11.6 Å². The molecule has 3 rings (SSSR count). The summed E-state index contributed by atoms with van der Waals surface area (Å²) < 4.78 is 0. The Labute approximate surface area is 125 Å². The van der Waals surface area contributed by atoms with Gasteiger partial charge in [-0.3, -0.25) is 10.1 Å². The number of nitrogens with zero attached hydrogens (tertiary/aromatic N) is 3. The summed E-state index contributed by atoms with van der Waals surface area (Å²) in [5, 5.41) is 20.5. The summed E-state index contributed by atoms with van der Waals surface area (Å²) in [5.41, 5.74) is 2.07. The van der Waals surface area contributed by atoms with E-state index in [1.54, 1.807) is 12.1 Å². The van der Waals surface area contributed by atoms with E-state index in [4.69, 9.17) is 11.6 Å². The van der Waals surface area contributed by atoms with Crippen molar-refractivity contribution < 1.29 is 10.0 Å². The minimum absolute atomic E-state index is 0.126. The molecule has 1 aromatic heterocycles. The zero-order valence-electron chi connectivity index (χ0n) is 11.0. The van der Waals surface area contributed by atoms with Crippen LogP contribution in [0.5, 0.6) is 5.75 Å². The van der Waals surface area contributed by atoms with Crippen LogP contribution in [0.1, 0.15) is 11.1 Å². The van der Waals surface area contributed by atoms with Crippen LogP contribution < -0.4 is 4.90 Å².